The van der Waals surface area contributed by atoms with Gasteiger partial charge in [0.1, 0.15) is 0 Å². The van der Waals surface area contributed by atoms with Gasteiger partial charge in [0.05, 0.1) is 6.04 Å². The molecule has 2 nitrogen and oxygen atoms in total. The summed E-state index contributed by atoms with van der Waals surface area (Å²) in [4.78, 5) is 2.58. The van der Waals surface area contributed by atoms with Gasteiger partial charge in [0, 0.05) is 30.7 Å². The maximum Gasteiger partial charge on any atom is 0.0602 e. The van der Waals surface area contributed by atoms with Gasteiger partial charge in [0.25, 0.3) is 0 Å². The second kappa shape index (κ2) is 8.05. The quantitative estimate of drug-likeness (QED) is 0.696. The minimum absolute atomic E-state index is 0.273. The smallest absolute Gasteiger partial charge is 0.0602 e. The Labute approximate surface area is 160 Å². The SMILES string of the molecule is Clc1ccc(C2CN(C(c3ccccc3)c3ccccc3)CCN2)cc1. The van der Waals surface area contributed by atoms with E-state index in [2.05, 4.69) is 83.0 Å². The van der Waals surface area contributed by atoms with Crippen molar-refractivity contribution >= 4 is 11.6 Å². The summed E-state index contributed by atoms with van der Waals surface area (Å²) in [6.07, 6.45) is 0. The number of nitrogens with one attached hydrogen (secondary N) is 1. The highest BCUT2D eigenvalue weighted by atomic mass is 35.5. The van der Waals surface area contributed by atoms with Gasteiger partial charge in [-0.05, 0) is 28.8 Å². The van der Waals surface area contributed by atoms with Crippen LogP contribution in [0.25, 0.3) is 0 Å². The first-order chi connectivity index (χ1) is 12.8. The molecule has 26 heavy (non-hydrogen) atoms. The summed E-state index contributed by atoms with van der Waals surface area (Å²) in [6.45, 7) is 2.97. The van der Waals surface area contributed by atoms with Crippen LogP contribution in [0.15, 0.2) is 84.9 Å². The largest absolute Gasteiger partial charge is 0.308 e. The third kappa shape index (κ3) is 3.83. The Balaban J connectivity index is 1.64. The molecule has 1 heterocycles. The second-order valence-electron chi connectivity index (χ2n) is 6.78. The zero-order chi connectivity index (χ0) is 17.8. The van der Waals surface area contributed by atoms with Crippen LogP contribution in [0.4, 0.5) is 0 Å². The van der Waals surface area contributed by atoms with Crippen molar-refractivity contribution in [2.24, 2.45) is 0 Å². The summed E-state index contributed by atoms with van der Waals surface area (Å²) in [5.74, 6) is 0. The molecule has 0 radical (unpaired) electrons. The predicted molar refractivity (Wildman–Crippen MR) is 108 cm³/mol. The Morgan fingerprint density at radius 3 is 1.96 bits per heavy atom. The molecule has 1 aliphatic heterocycles. The van der Waals surface area contributed by atoms with Gasteiger partial charge in [0.2, 0.25) is 0 Å². The van der Waals surface area contributed by atoms with Gasteiger partial charge in [-0.2, -0.15) is 0 Å². The van der Waals surface area contributed by atoms with Crippen molar-refractivity contribution in [3.63, 3.8) is 0 Å². The molecule has 0 saturated carbocycles. The maximum absolute atomic E-state index is 6.06. The molecular weight excluding hydrogens is 340 g/mol. The third-order valence-electron chi connectivity index (χ3n) is 5.07. The minimum atomic E-state index is 0.273. The fourth-order valence-electron chi connectivity index (χ4n) is 3.81. The summed E-state index contributed by atoms with van der Waals surface area (Å²) < 4.78 is 0. The molecule has 1 saturated heterocycles. The van der Waals surface area contributed by atoms with Crippen LogP contribution in [0.3, 0.4) is 0 Å². The first-order valence-electron chi connectivity index (χ1n) is 9.14. The van der Waals surface area contributed by atoms with Crippen LogP contribution in [-0.4, -0.2) is 24.5 Å². The molecule has 0 bridgehead atoms. The Kier molecular flexibility index (Phi) is 5.35. The number of nitrogens with zero attached hydrogens (tertiary/aromatic N) is 1. The summed E-state index contributed by atoms with van der Waals surface area (Å²) in [5.41, 5.74) is 3.98. The average molecular weight is 363 g/mol. The monoisotopic (exact) mass is 362 g/mol. The van der Waals surface area contributed by atoms with E-state index in [0.29, 0.717) is 6.04 Å². The first-order valence-corrected chi connectivity index (χ1v) is 9.52. The molecule has 0 aromatic heterocycles. The van der Waals surface area contributed by atoms with Crippen LogP contribution >= 0.6 is 11.6 Å². The molecule has 3 aromatic rings. The standard InChI is InChI=1S/C23H23ClN2/c24-21-13-11-18(12-14-21)22-17-26(16-15-25-22)23(19-7-3-1-4-8-19)20-9-5-2-6-10-20/h1-14,22-23,25H,15-17H2. The highest BCUT2D eigenvalue weighted by Gasteiger charge is 2.28. The molecular formula is C23H23ClN2. The number of benzene rings is 3. The van der Waals surface area contributed by atoms with Gasteiger partial charge in [-0.1, -0.05) is 84.4 Å². The predicted octanol–water partition coefficient (Wildman–Crippen LogP) is 5.08. The van der Waals surface area contributed by atoms with E-state index in [1.807, 2.05) is 12.1 Å². The summed E-state index contributed by atoms with van der Waals surface area (Å²) in [7, 11) is 0. The van der Waals surface area contributed by atoms with Crippen LogP contribution in [0.1, 0.15) is 28.8 Å². The number of halogens is 1. The molecule has 132 valence electrons. The van der Waals surface area contributed by atoms with Crippen molar-refractivity contribution in [3.8, 4) is 0 Å². The second-order valence-corrected chi connectivity index (χ2v) is 7.21. The molecule has 0 aliphatic carbocycles. The van der Waals surface area contributed by atoms with E-state index >= 15 is 0 Å². The lowest BCUT2D eigenvalue weighted by Gasteiger charge is -2.39. The molecule has 1 aliphatic rings. The van der Waals surface area contributed by atoms with E-state index in [1.54, 1.807) is 0 Å². The minimum Gasteiger partial charge on any atom is -0.308 e. The Morgan fingerprint density at radius 1 is 0.808 bits per heavy atom. The van der Waals surface area contributed by atoms with Crippen molar-refractivity contribution in [3.05, 3.63) is 107 Å². The van der Waals surface area contributed by atoms with Crippen LogP contribution in [0.2, 0.25) is 5.02 Å². The van der Waals surface area contributed by atoms with Gasteiger partial charge in [-0.3, -0.25) is 4.90 Å². The molecule has 1 N–H and O–H groups in total. The zero-order valence-corrected chi connectivity index (χ0v) is 15.4. The van der Waals surface area contributed by atoms with Crippen LogP contribution in [0, 0.1) is 0 Å². The van der Waals surface area contributed by atoms with E-state index in [4.69, 9.17) is 11.6 Å². The average Bonchev–Trinajstić information content (AvgIpc) is 2.71. The van der Waals surface area contributed by atoms with Crippen molar-refractivity contribution in [2.45, 2.75) is 12.1 Å². The van der Waals surface area contributed by atoms with E-state index < -0.39 is 0 Å². The third-order valence-corrected chi connectivity index (χ3v) is 5.33. The van der Waals surface area contributed by atoms with E-state index in [-0.39, 0.29) is 6.04 Å². The molecule has 3 heteroatoms. The van der Waals surface area contributed by atoms with Gasteiger partial charge in [-0.15, -0.1) is 0 Å². The molecule has 1 unspecified atom stereocenters. The van der Waals surface area contributed by atoms with Gasteiger partial charge >= 0.3 is 0 Å². The summed E-state index contributed by atoms with van der Waals surface area (Å²) in [6, 6.07) is 30.4. The Hall–Kier alpha value is -2.13. The fraction of sp³-hybridized carbons (Fsp3) is 0.217. The summed E-state index contributed by atoms with van der Waals surface area (Å²) in [5, 5.41) is 4.44. The molecule has 0 amide bonds. The maximum atomic E-state index is 6.06. The molecule has 0 spiro atoms. The van der Waals surface area contributed by atoms with Crippen LogP contribution in [-0.2, 0) is 0 Å². The van der Waals surface area contributed by atoms with Crippen LogP contribution < -0.4 is 5.32 Å². The highest BCUT2D eigenvalue weighted by molar-refractivity contribution is 6.30. The van der Waals surface area contributed by atoms with Gasteiger partial charge in [-0.25, -0.2) is 0 Å². The normalized spacial score (nSPS) is 18.2. The fourth-order valence-corrected chi connectivity index (χ4v) is 3.94. The summed E-state index contributed by atoms with van der Waals surface area (Å²) >= 11 is 6.06. The number of hydrogen-bond acceptors (Lipinski definition) is 2. The molecule has 1 fully saturated rings. The van der Waals surface area contributed by atoms with Crippen molar-refractivity contribution in [2.75, 3.05) is 19.6 Å². The van der Waals surface area contributed by atoms with Crippen molar-refractivity contribution in [1.82, 2.24) is 10.2 Å². The van der Waals surface area contributed by atoms with Gasteiger partial charge < -0.3 is 5.32 Å². The van der Waals surface area contributed by atoms with Crippen LogP contribution in [0.5, 0.6) is 0 Å². The highest BCUT2D eigenvalue weighted by Crippen LogP contribution is 2.31. The van der Waals surface area contributed by atoms with Crippen molar-refractivity contribution in [1.29, 1.82) is 0 Å². The Bertz CT molecular complexity index is 778. The lowest BCUT2D eigenvalue weighted by Crippen LogP contribution is -2.47. The van der Waals surface area contributed by atoms with E-state index in [9.17, 15) is 0 Å². The van der Waals surface area contributed by atoms with E-state index in [0.717, 1.165) is 24.7 Å². The number of piperazine rings is 1. The topological polar surface area (TPSA) is 15.3 Å². The Morgan fingerprint density at radius 2 is 1.38 bits per heavy atom. The first kappa shape index (κ1) is 17.3. The molecule has 1 atom stereocenters. The number of hydrogen-bond donors (Lipinski definition) is 1. The van der Waals surface area contributed by atoms with Crippen molar-refractivity contribution < 1.29 is 0 Å². The molecule has 3 aromatic carbocycles. The van der Waals surface area contributed by atoms with E-state index in [1.165, 1.54) is 16.7 Å². The lowest BCUT2D eigenvalue weighted by molar-refractivity contribution is 0.164. The molecule has 4 rings (SSSR count). The number of rotatable bonds is 4. The van der Waals surface area contributed by atoms with Gasteiger partial charge in [0.15, 0.2) is 0 Å². The lowest BCUT2D eigenvalue weighted by atomic mass is 9.94. The zero-order valence-electron chi connectivity index (χ0n) is 14.7.